The number of rotatable bonds is 5. The van der Waals surface area contributed by atoms with Crippen molar-refractivity contribution in [1.82, 2.24) is 24.6 Å². The van der Waals surface area contributed by atoms with Crippen LogP contribution in [0.2, 0.25) is 0 Å². The lowest BCUT2D eigenvalue weighted by Gasteiger charge is -2.31. The topological polar surface area (TPSA) is 63.9 Å². The molecule has 0 N–H and O–H groups in total. The van der Waals surface area contributed by atoms with Crippen LogP contribution >= 0.6 is 0 Å². The van der Waals surface area contributed by atoms with Crippen molar-refractivity contribution < 1.29 is 4.79 Å². The molecule has 6 heteroatoms. The molecule has 0 atom stereocenters. The molecule has 4 heterocycles. The van der Waals surface area contributed by atoms with Crippen LogP contribution in [-0.2, 0) is 18.3 Å². The van der Waals surface area contributed by atoms with E-state index in [1.807, 2.05) is 44.0 Å². The largest absolute Gasteiger partial charge is 0.298 e. The highest BCUT2D eigenvalue weighted by molar-refractivity contribution is 5.87. The lowest BCUT2D eigenvalue weighted by molar-refractivity contribution is -0.120. The molecule has 1 aliphatic heterocycles. The lowest BCUT2D eigenvalue weighted by atomic mass is 9.93. The maximum Gasteiger partial charge on any atom is 0.152 e. The second-order valence-corrected chi connectivity index (χ2v) is 8.49. The van der Waals surface area contributed by atoms with Crippen molar-refractivity contribution in [3.63, 3.8) is 0 Å². The molecule has 6 nitrogen and oxygen atoms in total. The molecule has 1 aliphatic carbocycles. The maximum absolute atomic E-state index is 12.6. The number of likely N-dealkylation sites (tertiary alicyclic amines) is 1. The van der Waals surface area contributed by atoms with Gasteiger partial charge in [0.25, 0.3) is 0 Å². The molecule has 0 unspecified atom stereocenters. The zero-order valence-corrected chi connectivity index (χ0v) is 16.3. The molecule has 144 valence electrons. The first-order valence-electron chi connectivity index (χ1n) is 10.1. The molecule has 1 saturated heterocycles. The average molecular weight is 375 g/mol. The monoisotopic (exact) mass is 375 g/mol. The van der Waals surface area contributed by atoms with Gasteiger partial charge in [-0.05, 0) is 61.7 Å². The molecule has 5 rings (SSSR count). The third kappa shape index (κ3) is 3.56. The van der Waals surface area contributed by atoms with Gasteiger partial charge in [-0.15, -0.1) is 0 Å². The number of carbonyl (C=O) groups excluding carboxylic acids is 1. The third-order valence-electron chi connectivity index (χ3n) is 6.31. The van der Waals surface area contributed by atoms with E-state index in [4.69, 9.17) is 0 Å². The lowest BCUT2D eigenvalue weighted by Crippen LogP contribution is -2.38. The SMILES string of the molecule is Cn1cc(-c2cc3cc(CC(=O)CN4CCC5(CC4)CC5)ncc3cn2)cn1. The van der Waals surface area contributed by atoms with E-state index in [-0.39, 0.29) is 5.78 Å². The van der Waals surface area contributed by atoms with E-state index < -0.39 is 0 Å². The number of piperidine rings is 1. The number of hydrogen-bond acceptors (Lipinski definition) is 5. The van der Waals surface area contributed by atoms with E-state index in [9.17, 15) is 4.79 Å². The number of fused-ring (bicyclic) bond motifs is 1. The van der Waals surface area contributed by atoms with E-state index in [0.717, 1.165) is 40.8 Å². The second kappa shape index (κ2) is 6.78. The standard InChI is InChI=1S/C22H25N5O/c1-26-14-18(13-25-26)21-9-16-8-19(23-11-17(16)12-24-21)10-20(28)15-27-6-4-22(2-3-22)5-7-27/h8-9,11-14H,2-7,10,15H2,1H3. The number of carbonyl (C=O) groups is 1. The van der Waals surface area contributed by atoms with Gasteiger partial charge >= 0.3 is 0 Å². The number of hydrogen-bond donors (Lipinski definition) is 0. The van der Waals surface area contributed by atoms with Crippen LogP contribution in [0.1, 0.15) is 31.4 Å². The summed E-state index contributed by atoms with van der Waals surface area (Å²) in [5, 5.41) is 6.25. The number of aryl methyl sites for hydroxylation is 1. The Morgan fingerprint density at radius 2 is 1.82 bits per heavy atom. The van der Waals surface area contributed by atoms with Crippen molar-refractivity contribution in [2.45, 2.75) is 32.1 Å². The van der Waals surface area contributed by atoms with Gasteiger partial charge in [-0.3, -0.25) is 24.3 Å². The van der Waals surface area contributed by atoms with Crippen molar-refractivity contribution in [3.05, 3.63) is 42.6 Å². The minimum Gasteiger partial charge on any atom is -0.298 e. The predicted molar refractivity (Wildman–Crippen MR) is 108 cm³/mol. The van der Waals surface area contributed by atoms with Crippen LogP contribution in [0.4, 0.5) is 0 Å². The molecule has 1 saturated carbocycles. The summed E-state index contributed by atoms with van der Waals surface area (Å²) in [6, 6.07) is 4.06. The highest BCUT2D eigenvalue weighted by Gasteiger charge is 2.44. The van der Waals surface area contributed by atoms with Crippen LogP contribution in [0.15, 0.2) is 36.9 Å². The van der Waals surface area contributed by atoms with Crippen molar-refractivity contribution in [2.24, 2.45) is 12.5 Å². The number of nitrogens with zero attached hydrogens (tertiary/aromatic N) is 5. The number of ketones is 1. The van der Waals surface area contributed by atoms with Gasteiger partial charge in [-0.25, -0.2) is 0 Å². The van der Waals surface area contributed by atoms with Crippen molar-refractivity contribution in [3.8, 4) is 11.3 Å². The molecule has 3 aromatic heterocycles. The smallest absolute Gasteiger partial charge is 0.152 e. The van der Waals surface area contributed by atoms with Crippen molar-refractivity contribution in [2.75, 3.05) is 19.6 Å². The van der Waals surface area contributed by atoms with Gasteiger partial charge < -0.3 is 0 Å². The van der Waals surface area contributed by atoms with E-state index in [1.54, 1.807) is 4.68 Å². The summed E-state index contributed by atoms with van der Waals surface area (Å²) in [6.45, 7) is 2.68. The van der Waals surface area contributed by atoms with E-state index in [0.29, 0.717) is 18.4 Å². The van der Waals surface area contributed by atoms with Gasteiger partial charge in [-0.2, -0.15) is 5.10 Å². The molecular formula is C22H25N5O. The first-order valence-corrected chi connectivity index (χ1v) is 10.1. The minimum absolute atomic E-state index is 0.250. The second-order valence-electron chi connectivity index (χ2n) is 8.49. The zero-order valence-electron chi connectivity index (χ0n) is 16.3. The molecule has 3 aromatic rings. The molecule has 2 fully saturated rings. The van der Waals surface area contributed by atoms with Crippen LogP contribution in [0.3, 0.4) is 0 Å². The van der Waals surface area contributed by atoms with Crippen molar-refractivity contribution in [1.29, 1.82) is 0 Å². The quantitative estimate of drug-likeness (QED) is 0.686. The zero-order chi connectivity index (χ0) is 19.1. The molecule has 28 heavy (non-hydrogen) atoms. The summed E-state index contributed by atoms with van der Waals surface area (Å²) in [6.07, 6.45) is 13.1. The Kier molecular flexibility index (Phi) is 4.23. The summed E-state index contributed by atoms with van der Waals surface area (Å²) in [5.74, 6) is 0.250. The van der Waals surface area contributed by atoms with E-state index >= 15 is 0 Å². The van der Waals surface area contributed by atoms with Crippen LogP contribution in [0, 0.1) is 5.41 Å². The van der Waals surface area contributed by atoms with E-state index in [1.165, 1.54) is 25.7 Å². The fourth-order valence-corrected chi connectivity index (χ4v) is 4.26. The van der Waals surface area contributed by atoms with Crippen LogP contribution in [-0.4, -0.2) is 50.1 Å². The highest BCUT2D eigenvalue weighted by Crippen LogP contribution is 2.53. The number of aromatic nitrogens is 4. The minimum atomic E-state index is 0.250. The summed E-state index contributed by atoms with van der Waals surface area (Å²) in [5.41, 5.74) is 3.35. The van der Waals surface area contributed by atoms with Crippen LogP contribution < -0.4 is 0 Å². The number of pyridine rings is 2. The molecule has 0 radical (unpaired) electrons. The van der Waals surface area contributed by atoms with Gasteiger partial charge in [0.05, 0.1) is 24.9 Å². The fraction of sp³-hybridized carbons (Fsp3) is 0.455. The Bertz CT molecular complexity index is 1030. The van der Waals surface area contributed by atoms with Gasteiger partial charge in [-0.1, -0.05) is 0 Å². The molecule has 0 amide bonds. The molecule has 0 bridgehead atoms. The summed E-state index contributed by atoms with van der Waals surface area (Å²) in [7, 11) is 1.89. The Labute approximate surface area is 164 Å². The van der Waals surface area contributed by atoms with Gasteiger partial charge in [0.15, 0.2) is 5.78 Å². The Hall–Kier alpha value is -2.60. The number of Topliss-reactive ketones (excluding diaryl/α,β-unsaturated/α-hetero) is 1. The Morgan fingerprint density at radius 1 is 1.04 bits per heavy atom. The summed E-state index contributed by atoms with van der Waals surface area (Å²) in [4.78, 5) is 23.9. The van der Waals surface area contributed by atoms with Crippen LogP contribution in [0.5, 0.6) is 0 Å². The Balaban J connectivity index is 1.28. The maximum atomic E-state index is 12.6. The van der Waals surface area contributed by atoms with Crippen molar-refractivity contribution >= 4 is 16.6 Å². The molecule has 1 spiro atoms. The van der Waals surface area contributed by atoms with Gasteiger partial charge in [0.1, 0.15) is 0 Å². The molecule has 2 aliphatic rings. The summed E-state index contributed by atoms with van der Waals surface area (Å²) < 4.78 is 1.77. The average Bonchev–Trinajstić information content (AvgIpc) is 3.31. The van der Waals surface area contributed by atoms with Gasteiger partial charge in [0.2, 0.25) is 0 Å². The van der Waals surface area contributed by atoms with Gasteiger partial charge in [0, 0.05) is 42.3 Å². The molecule has 0 aromatic carbocycles. The summed E-state index contributed by atoms with van der Waals surface area (Å²) >= 11 is 0. The third-order valence-corrected chi connectivity index (χ3v) is 6.31. The normalized spacial score (nSPS) is 18.6. The van der Waals surface area contributed by atoms with Crippen LogP contribution in [0.25, 0.3) is 22.0 Å². The molecular weight excluding hydrogens is 350 g/mol. The predicted octanol–water partition coefficient (Wildman–Crippen LogP) is 3.02. The fourth-order valence-electron chi connectivity index (χ4n) is 4.26. The first-order chi connectivity index (χ1) is 13.6. The van der Waals surface area contributed by atoms with E-state index in [2.05, 4.69) is 20.0 Å². The highest BCUT2D eigenvalue weighted by atomic mass is 16.1. The first kappa shape index (κ1) is 17.5. The Morgan fingerprint density at radius 3 is 2.54 bits per heavy atom.